The molecule has 0 aromatic heterocycles. The van der Waals surface area contributed by atoms with Crippen molar-refractivity contribution in [2.45, 2.75) is 336 Å². The topological polar surface area (TPSA) is 78.9 Å². The van der Waals surface area contributed by atoms with Crippen LogP contribution in [0.4, 0.5) is 0 Å². The molecule has 6 nitrogen and oxygen atoms in total. The van der Waals surface area contributed by atoms with Crippen molar-refractivity contribution in [1.29, 1.82) is 0 Å². The van der Waals surface area contributed by atoms with Crippen molar-refractivity contribution in [2.75, 3.05) is 13.2 Å². The van der Waals surface area contributed by atoms with Gasteiger partial charge in [0, 0.05) is 19.3 Å². The molecule has 0 bridgehead atoms. The summed E-state index contributed by atoms with van der Waals surface area (Å²) in [5, 5.41) is 0. The van der Waals surface area contributed by atoms with Crippen LogP contribution in [0.3, 0.4) is 0 Å². The molecular formula is C59H114O6. The molecule has 0 fully saturated rings. The Morgan fingerprint density at radius 3 is 0.877 bits per heavy atom. The van der Waals surface area contributed by atoms with Crippen LogP contribution in [0.5, 0.6) is 0 Å². The molecule has 6 heteroatoms. The summed E-state index contributed by atoms with van der Waals surface area (Å²) < 4.78 is 16.9. The van der Waals surface area contributed by atoms with Gasteiger partial charge >= 0.3 is 17.9 Å². The summed E-state index contributed by atoms with van der Waals surface area (Å²) in [7, 11) is 0. The van der Waals surface area contributed by atoms with E-state index in [0.717, 1.165) is 69.6 Å². The van der Waals surface area contributed by atoms with Gasteiger partial charge in [-0.2, -0.15) is 0 Å². The molecule has 0 N–H and O–H groups in total. The van der Waals surface area contributed by atoms with E-state index >= 15 is 0 Å². The lowest BCUT2D eigenvalue weighted by Gasteiger charge is -2.18. The van der Waals surface area contributed by atoms with Crippen molar-refractivity contribution in [1.82, 2.24) is 0 Å². The van der Waals surface area contributed by atoms with Crippen LogP contribution in [0.1, 0.15) is 330 Å². The van der Waals surface area contributed by atoms with Crippen LogP contribution in [0, 0.1) is 11.8 Å². The van der Waals surface area contributed by atoms with Gasteiger partial charge in [0.25, 0.3) is 0 Å². The molecule has 0 spiro atoms. The van der Waals surface area contributed by atoms with Crippen LogP contribution in [-0.4, -0.2) is 37.2 Å². The Balaban J connectivity index is 4.22. The number of esters is 3. The zero-order valence-corrected chi connectivity index (χ0v) is 44.6. The van der Waals surface area contributed by atoms with Gasteiger partial charge in [-0.1, -0.05) is 291 Å². The van der Waals surface area contributed by atoms with Crippen LogP contribution in [0.15, 0.2) is 0 Å². The Labute approximate surface area is 406 Å². The van der Waals surface area contributed by atoms with Crippen molar-refractivity contribution in [3.8, 4) is 0 Å². The van der Waals surface area contributed by atoms with E-state index in [-0.39, 0.29) is 31.1 Å². The third-order valence-corrected chi connectivity index (χ3v) is 13.8. The second-order valence-electron chi connectivity index (χ2n) is 21.0. The van der Waals surface area contributed by atoms with Gasteiger partial charge in [0.15, 0.2) is 6.10 Å². The molecule has 65 heavy (non-hydrogen) atoms. The van der Waals surface area contributed by atoms with Crippen molar-refractivity contribution >= 4 is 17.9 Å². The number of hydrogen-bond acceptors (Lipinski definition) is 6. The van der Waals surface area contributed by atoms with Crippen molar-refractivity contribution in [3.05, 3.63) is 0 Å². The highest BCUT2D eigenvalue weighted by atomic mass is 16.6. The Kier molecular flexibility index (Phi) is 50.5. The molecular weight excluding hydrogens is 805 g/mol. The van der Waals surface area contributed by atoms with Crippen LogP contribution >= 0.6 is 0 Å². The SMILES string of the molecule is CCCCCCCCCCCCCCCCCCC(=O)OC[C@H](COC(=O)CCCCCCCCC(C)CC)OC(=O)CCCCCCCCCCCCCCCCCCCCC(C)C. The van der Waals surface area contributed by atoms with Crippen molar-refractivity contribution in [2.24, 2.45) is 11.8 Å². The predicted molar refractivity (Wildman–Crippen MR) is 280 cm³/mol. The van der Waals surface area contributed by atoms with E-state index in [9.17, 15) is 14.4 Å². The molecule has 0 aliphatic rings. The fraction of sp³-hybridized carbons (Fsp3) is 0.949. The smallest absolute Gasteiger partial charge is 0.306 e. The Hall–Kier alpha value is -1.59. The summed E-state index contributed by atoms with van der Waals surface area (Å²) in [5.74, 6) is 0.830. The highest BCUT2D eigenvalue weighted by Gasteiger charge is 2.19. The highest BCUT2D eigenvalue weighted by Crippen LogP contribution is 2.19. The molecule has 0 aromatic carbocycles. The third-order valence-electron chi connectivity index (χ3n) is 13.8. The molecule has 0 radical (unpaired) electrons. The molecule has 0 saturated heterocycles. The van der Waals surface area contributed by atoms with E-state index in [4.69, 9.17) is 14.2 Å². The van der Waals surface area contributed by atoms with Gasteiger partial charge in [0.2, 0.25) is 0 Å². The quantitative estimate of drug-likeness (QED) is 0.0344. The summed E-state index contributed by atoms with van der Waals surface area (Å²) in [6.07, 6.45) is 55.3. The molecule has 0 aliphatic heterocycles. The largest absolute Gasteiger partial charge is 0.462 e. The number of hydrogen-bond donors (Lipinski definition) is 0. The first-order valence-corrected chi connectivity index (χ1v) is 29.3. The van der Waals surface area contributed by atoms with E-state index in [1.54, 1.807) is 0 Å². The molecule has 0 saturated carbocycles. The van der Waals surface area contributed by atoms with Gasteiger partial charge in [-0.25, -0.2) is 0 Å². The summed E-state index contributed by atoms with van der Waals surface area (Å²) >= 11 is 0. The first kappa shape index (κ1) is 63.4. The zero-order valence-electron chi connectivity index (χ0n) is 44.6. The Bertz CT molecular complexity index is 995. The summed E-state index contributed by atoms with van der Waals surface area (Å²) in [6, 6.07) is 0. The van der Waals surface area contributed by atoms with Crippen LogP contribution in [0.2, 0.25) is 0 Å². The standard InChI is InChI=1S/C59H114O6/c1-6-8-9-10-11-12-13-14-15-21-24-27-30-33-39-44-49-57(60)63-52-56(53-64-58(61)50-45-40-36-35-38-43-48-55(5)7-2)65-59(62)51-46-41-34-31-28-25-22-19-17-16-18-20-23-26-29-32-37-42-47-54(3)4/h54-56H,6-53H2,1-5H3/t55?,56-/m1/s1. The maximum absolute atomic E-state index is 12.9. The lowest BCUT2D eigenvalue weighted by atomic mass is 10.00. The molecule has 0 heterocycles. The first-order chi connectivity index (χ1) is 31.8. The maximum atomic E-state index is 12.9. The minimum Gasteiger partial charge on any atom is -0.462 e. The Morgan fingerprint density at radius 2 is 0.585 bits per heavy atom. The van der Waals surface area contributed by atoms with Crippen LogP contribution < -0.4 is 0 Å². The predicted octanol–water partition coefficient (Wildman–Crippen LogP) is 19.3. The third kappa shape index (κ3) is 51.6. The molecule has 1 unspecified atom stereocenters. The van der Waals surface area contributed by atoms with Gasteiger partial charge in [-0.05, 0) is 31.1 Å². The highest BCUT2D eigenvalue weighted by molar-refractivity contribution is 5.71. The number of carbonyl (C=O) groups is 3. The minimum absolute atomic E-state index is 0.0634. The van der Waals surface area contributed by atoms with Gasteiger partial charge in [-0.15, -0.1) is 0 Å². The lowest BCUT2D eigenvalue weighted by molar-refractivity contribution is -0.167. The number of ether oxygens (including phenoxy) is 3. The minimum atomic E-state index is -0.763. The fourth-order valence-corrected chi connectivity index (χ4v) is 9.02. The maximum Gasteiger partial charge on any atom is 0.306 e. The van der Waals surface area contributed by atoms with Crippen molar-refractivity contribution < 1.29 is 28.6 Å². The average Bonchev–Trinajstić information content (AvgIpc) is 3.29. The van der Waals surface area contributed by atoms with Gasteiger partial charge in [0.1, 0.15) is 13.2 Å². The number of rotatable bonds is 53. The van der Waals surface area contributed by atoms with Gasteiger partial charge in [0.05, 0.1) is 0 Å². The summed E-state index contributed by atoms with van der Waals surface area (Å²) in [4.78, 5) is 38.1. The Morgan fingerprint density at radius 1 is 0.323 bits per heavy atom. The monoisotopic (exact) mass is 919 g/mol. The van der Waals surface area contributed by atoms with E-state index in [1.165, 1.54) is 218 Å². The van der Waals surface area contributed by atoms with Gasteiger partial charge in [-0.3, -0.25) is 14.4 Å². The normalized spacial score (nSPS) is 12.5. The van der Waals surface area contributed by atoms with E-state index in [2.05, 4.69) is 34.6 Å². The second kappa shape index (κ2) is 51.8. The second-order valence-corrected chi connectivity index (χ2v) is 21.0. The summed E-state index contributed by atoms with van der Waals surface area (Å²) in [6.45, 7) is 11.4. The first-order valence-electron chi connectivity index (χ1n) is 29.3. The molecule has 386 valence electrons. The van der Waals surface area contributed by atoms with E-state index in [0.29, 0.717) is 19.3 Å². The van der Waals surface area contributed by atoms with Crippen molar-refractivity contribution in [3.63, 3.8) is 0 Å². The molecule has 0 aromatic rings. The molecule has 0 aliphatic carbocycles. The van der Waals surface area contributed by atoms with Crippen LogP contribution in [-0.2, 0) is 28.6 Å². The van der Waals surface area contributed by atoms with Crippen LogP contribution in [0.25, 0.3) is 0 Å². The van der Waals surface area contributed by atoms with Gasteiger partial charge < -0.3 is 14.2 Å². The molecule has 2 atom stereocenters. The van der Waals surface area contributed by atoms with E-state index < -0.39 is 6.10 Å². The lowest BCUT2D eigenvalue weighted by Crippen LogP contribution is -2.30. The fourth-order valence-electron chi connectivity index (χ4n) is 9.02. The summed E-state index contributed by atoms with van der Waals surface area (Å²) in [5.41, 5.74) is 0. The molecule has 0 rings (SSSR count). The number of carbonyl (C=O) groups excluding carboxylic acids is 3. The zero-order chi connectivity index (χ0) is 47.5. The molecule has 0 amide bonds. The average molecular weight is 920 g/mol. The van der Waals surface area contributed by atoms with E-state index in [1.807, 2.05) is 0 Å². The number of unbranched alkanes of at least 4 members (excludes halogenated alkanes) is 37.